The van der Waals surface area contributed by atoms with Crippen molar-refractivity contribution in [1.82, 2.24) is 10.2 Å². The zero-order valence-corrected chi connectivity index (χ0v) is 13.3. The Morgan fingerprint density at radius 3 is 2.81 bits per heavy atom. The van der Waals surface area contributed by atoms with E-state index in [4.69, 9.17) is 10.5 Å². The molecule has 6 heteroatoms. The van der Waals surface area contributed by atoms with Crippen LogP contribution in [0.2, 0.25) is 0 Å². The number of carbonyl (C=O) groups is 2. The zero-order valence-electron chi connectivity index (χ0n) is 13.3. The van der Waals surface area contributed by atoms with E-state index in [1.165, 1.54) is 0 Å². The summed E-state index contributed by atoms with van der Waals surface area (Å²) in [5, 5.41) is 2.85. The molecule has 0 bridgehead atoms. The molecule has 0 aromatic rings. The van der Waals surface area contributed by atoms with E-state index in [1.54, 1.807) is 6.92 Å². The first-order chi connectivity index (χ1) is 10.1. The van der Waals surface area contributed by atoms with E-state index < -0.39 is 0 Å². The van der Waals surface area contributed by atoms with Gasteiger partial charge in [0.15, 0.2) is 0 Å². The predicted molar refractivity (Wildman–Crippen MR) is 81.7 cm³/mol. The second-order valence-electron chi connectivity index (χ2n) is 5.61. The van der Waals surface area contributed by atoms with Gasteiger partial charge in [-0.1, -0.05) is 13.3 Å². The second kappa shape index (κ2) is 9.73. The van der Waals surface area contributed by atoms with Crippen LogP contribution in [0.3, 0.4) is 0 Å². The molecule has 1 rings (SSSR count). The summed E-state index contributed by atoms with van der Waals surface area (Å²) in [7, 11) is 0. The summed E-state index contributed by atoms with van der Waals surface area (Å²) in [5.74, 6) is 0.294. The highest BCUT2D eigenvalue weighted by atomic mass is 16.5. The van der Waals surface area contributed by atoms with Gasteiger partial charge in [0.1, 0.15) is 0 Å². The number of likely N-dealkylation sites (tertiary alicyclic amines) is 1. The number of nitrogens with zero attached hydrogens (tertiary/aromatic N) is 1. The molecule has 1 fully saturated rings. The molecular weight excluding hydrogens is 270 g/mol. The Bertz CT molecular complexity index is 336. The van der Waals surface area contributed by atoms with E-state index in [9.17, 15) is 9.59 Å². The number of nitrogens with one attached hydrogen (secondary N) is 1. The summed E-state index contributed by atoms with van der Waals surface area (Å²) in [4.78, 5) is 25.2. The van der Waals surface area contributed by atoms with Gasteiger partial charge in [-0.3, -0.25) is 14.5 Å². The highest BCUT2D eigenvalue weighted by molar-refractivity contribution is 5.78. The fourth-order valence-corrected chi connectivity index (χ4v) is 2.65. The maximum absolute atomic E-state index is 11.9. The fraction of sp³-hybridized carbons (Fsp3) is 0.867. The van der Waals surface area contributed by atoms with Crippen LogP contribution in [0.15, 0.2) is 0 Å². The van der Waals surface area contributed by atoms with Crippen molar-refractivity contribution < 1.29 is 14.3 Å². The fourth-order valence-electron chi connectivity index (χ4n) is 2.65. The van der Waals surface area contributed by atoms with Crippen LogP contribution in [-0.4, -0.2) is 55.6 Å². The lowest BCUT2D eigenvalue weighted by molar-refractivity contribution is -0.143. The van der Waals surface area contributed by atoms with Crippen LogP contribution in [0.5, 0.6) is 0 Å². The van der Waals surface area contributed by atoms with Crippen molar-refractivity contribution in [3.8, 4) is 0 Å². The SMILES string of the molecule is CCOC(=O)CCCNC(=O)CN1CCC(N)C(CC)C1. The number of carbonyl (C=O) groups excluding carboxylic acids is 2. The van der Waals surface area contributed by atoms with Crippen molar-refractivity contribution in [2.24, 2.45) is 11.7 Å². The molecule has 2 atom stereocenters. The third-order valence-corrected chi connectivity index (χ3v) is 3.95. The molecule has 0 aliphatic carbocycles. The number of hydrogen-bond donors (Lipinski definition) is 2. The van der Waals surface area contributed by atoms with Crippen molar-refractivity contribution in [2.45, 2.75) is 45.6 Å². The lowest BCUT2D eigenvalue weighted by Crippen LogP contribution is -2.49. The van der Waals surface area contributed by atoms with E-state index in [1.807, 2.05) is 0 Å². The van der Waals surface area contributed by atoms with Crippen molar-refractivity contribution in [2.75, 3.05) is 32.8 Å². The Morgan fingerprint density at radius 2 is 2.14 bits per heavy atom. The third-order valence-electron chi connectivity index (χ3n) is 3.95. The first-order valence-corrected chi connectivity index (χ1v) is 7.97. The molecule has 122 valence electrons. The number of piperidine rings is 1. The number of hydrogen-bond acceptors (Lipinski definition) is 5. The molecule has 0 saturated carbocycles. The van der Waals surface area contributed by atoms with Crippen molar-refractivity contribution in [3.05, 3.63) is 0 Å². The maximum atomic E-state index is 11.9. The van der Waals surface area contributed by atoms with Gasteiger partial charge in [0.05, 0.1) is 13.2 Å². The normalized spacial score (nSPS) is 22.8. The summed E-state index contributed by atoms with van der Waals surface area (Å²) < 4.78 is 4.83. The predicted octanol–water partition coefficient (Wildman–Crippen LogP) is 0.505. The van der Waals surface area contributed by atoms with Gasteiger partial charge in [-0.05, 0) is 25.7 Å². The summed E-state index contributed by atoms with van der Waals surface area (Å²) in [6.07, 6.45) is 2.98. The molecule has 1 aliphatic heterocycles. The Kier molecular flexibility index (Phi) is 8.30. The summed E-state index contributed by atoms with van der Waals surface area (Å²) in [6, 6.07) is 0.263. The number of esters is 1. The molecule has 0 aromatic heterocycles. The van der Waals surface area contributed by atoms with Gasteiger partial charge in [0.25, 0.3) is 0 Å². The molecule has 6 nitrogen and oxygen atoms in total. The van der Waals surface area contributed by atoms with Crippen molar-refractivity contribution >= 4 is 11.9 Å². The first-order valence-electron chi connectivity index (χ1n) is 7.97. The average Bonchev–Trinajstić information content (AvgIpc) is 2.46. The lowest BCUT2D eigenvalue weighted by Gasteiger charge is -2.36. The Labute approximate surface area is 127 Å². The minimum absolute atomic E-state index is 0.0178. The van der Waals surface area contributed by atoms with E-state index >= 15 is 0 Å². The largest absolute Gasteiger partial charge is 0.466 e. The van der Waals surface area contributed by atoms with E-state index in [-0.39, 0.29) is 17.9 Å². The Balaban J connectivity index is 2.15. The van der Waals surface area contributed by atoms with Gasteiger partial charge in [0.2, 0.25) is 5.91 Å². The van der Waals surface area contributed by atoms with Crippen LogP contribution in [0, 0.1) is 5.92 Å². The summed E-state index contributed by atoms with van der Waals surface area (Å²) >= 11 is 0. The van der Waals surface area contributed by atoms with Gasteiger partial charge in [0, 0.05) is 32.1 Å². The van der Waals surface area contributed by atoms with Crippen LogP contribution in [0.4, 0.5) is 0 Å². The Hall–Kier alpha value is -1.14. The van der Waals surface area contributed by atoms with E-state index in [0.29, 0.717) is 38.5 Å². The van der Waals surface area contributed by atoms with Crippen molar-refractivity contribution in [3.63, 3.8) is 0 Å². The summed E-state index contributed by atoms with van der Waals surface area (Å²) in [6.45, 7) is 7.05. The van der Waals surface area contributed by atoms with Gasteiger partial charge < -0.3 is 15.8 Å². The number of nitrogens with two attached hydrogens (primary N) is 1. The zero-order chi connectivity index (χ0) is 15.7. The number of amides is 1. The molecule has 0 radical (unpaired) electrons. The molecular formula is C15H29N3O3. The number of rotatable bonds is 8. The monoisotopic (exact) mass is 299 g/mol. The average molecular weight is 299 g/mol. The molecule has 3 N–H and O–H groups in total. The van der Waals surface area contributed by atoms with Gasteiger partial charge in [-0.15, -0.1) is 0 Å². The lowest BCUT2D eigenvalue weighted by atomic mass is 9.91. The van der Waals surface area contributed by atoms with Gasteiger partial charge in [-0.25, -0.2) is 0 Å². The highest BCUT2D eigenvalue weighted by Crippen LogP contribution is 2.17. The van der Waals surface area contributed by atoms with Crippen LogP contribution >= 0.6 is 0 Å². The highest BCUT2D eigenvalue weighted by Gasteiger charge is 2.26. The molecule has 21 heavy (non-hydrogen) atoms. The molecule has 2 unspecified atom stereocenters. The van der Waals surface area contributed by atoms with Crippen molar-refractivity contribution in [1.29, 1.82) is 0 Å². The summed E-state index contributed by atoms with van der Waals surface area (Å²) in [5.41, 5.74) is 6.06. The molecule has 1 saturated heterocycles. The smallest absolute Gasteiger partial charge is 0.305 e. The molecule has 0 aromatic carbocycles. The Morgan fingerprint density at radius 1 is 1.38 bits per heavy atom. The number of ether oxygens (including phenoxy) is 1. The quantitative estimate of drug-likeness (QED) is 0.504. The maximum Gasteiger partial charge on any atom is 0.305 e. The molecule has 1 heterocycles. The van der Waals surface area contributed by atoms with Gasteiger partial charge >= 0.3 is 5.97 Å². The minimum Gasteiger partial charge on any atom is -0.466 e. The molecule has 1 aliphatic rings. The van der Waals surface area contributed by atoms with Crippen LogP contribution in [-0.2, 0) is 14.3 Å². The third kappa shape index (κ3) is 6.91. The van der Waals surface area contributed by atoms with E-state index in [2.05, 4.69) is 17.1 Å². The second-order valence-corrected chi connectivity index (χ2v) is 5.61. The van der Waals surface area contributed by atoms with E-state index in [0.717, 1.165) is 25.9 Å². The first kappa shape index (κ1) is 17.9. The van der Waals surface area contributed by atoms with Gasteiger partial charge in [-0.2, -0.15) is 0 Å². The van der Waals surface area contributed by atoms with Crippen LogP contribution in [0.25, 0.3) is 0 Å². The molecule has 1 amide bonds. The standard InChI is InChI=1S/C15H29N3O3/c1-3-12-10-18(9-7-13(12)16)11-14(19)17-8-5-6-15(20)21-4-2/h12-13H,3-11,16H2,1-2H3,(H,17,19). The minimum atomic E-state index is -0.206. The van der Waals surface area contributed by atoms with Crippen LogP contribution < -0.4 is 11.1 Å². The van der Waals surface area contributed by atoms with Crippen LogP contribution in [0.1, 0.15) is 39.5 Å². The molecule has 0 spiro atoms. The topological polar surface area (TPSA) is 84.7 Å².